The van der Waals surface area contributed by atoms with Crippen LogP contribution in [0.25, 0.3) is 0 Å². The smallest absolute Gasteiger partial charge is 0.192 e. The average molecular weight is 302 g/mol. The monoisotopic (exact) mass is 302 g/mol. The fourth-order valence-electron chi connectivity index (χ4n) is 0.939. The molecule has 0 radical (unpaired) electrons. The van der Waals surface area contributed by atoms with Crippen molar-refractivity contribution in [2.24, 2.45) is 0 Å². The maximum atomic E-state index is 8.70. The van der Waals surface area contributed by atoms with Crippen LogP contribution < -0.4 is 0 Å². The number of hydrogen-bond acceptors (Lipinski definition) is 10. The normalized spacial score (nSPS) is 14.6. The highest BCUT2D eigenvalue weighted by Crippen LogP contribution is 2.53. The van der Waals surface area contributed by atoms with Crippen molar-refractivity contribution in [2.45, 2.75) is 0 Å². The summed E-state index contributed by atoms with van der Waals surface area (Å²) in [6.07, 6.45) is -2.83. The van der Waals surface area contributed by atoms with Crippen LogP contribution in [0.5, 0.6) is 0 Å². The summed E-state index contributed by atoms with van der Waals surface area (Å²) in [6.45, 7) is 0. The average Bonchev–Trinajstić information content (AvgIpc) is 1.70. The van der Waals surface area contributed by atoms with Gasteiger partial charge >= 0.3 is 23.8 Å². The molecule has 0 saturated heterocycles. The lowest BCUT2D eigenvalue weighted by molar-refractivity contribution is 0.243. The molecule has 0 heterocycles. The molecular formula is C3H15NO9P3+3. The maximum Gasteiger partial charge on any atom is 0.419 e. The third kappa shape index (κ3) is 11.4. The highest BCUT2D eigenvalue weighted by atomic mass is 31.2. The van der Waals surface area contributed by atoms with Crippen molar-refractivity contribution in [3.8, 4) is 0 Å². The molecular weight excluding hydrogens is 287 g/mol. The Bertz CT molecular complexity index is 179. The van der Waals surface area contributed by atoms with E-state index in [1.165, 1.54) is 0 Å². The Kier molecular flexibility index (Phi) is 6.00. The van der Waals surface area contributed by atoms with E-state index in [2.05, 4.69) is 0 Å². The predicted octanol–water partition coefficient (Wildman–Crippen LogP) is -2.62. The number of hydrogen-bond donors (Lipinski definition) is 9. The van der Waals surface area contributed by atoms with Crippen molar-refractivity contribution >= 4 is 23.8 Å². The molecule has 16 heavy (non-hydrogen) atoms. The Balaban J connectivity index is 4.53. The van der Waals surface area contributed by atoms with Crippen LogP contribution in [0.3, 0.4) is 0 Å². The Morgan fingerprint density at radius 3 is 0.812 bits per heavy atom. The van der Waals surface area contributed by atoms with E-state index in [-0.39, 0.29) is 0 Å². The van der Waals surface area contributed by atoms with E-state index >= 15 is 0 Å². The molecule has 0 aromatic heterocycles. The molecule has 0 fully saturated rings. The molecule has 9 N–H and O–H groups in total. The van der Waals surface area contributed by atoms with Gasteiger partial charge in [0.2, 0.25) is 0 Å². The van der Waals surface area contributed by atoms with Crippen molar-refractivity contribution < 1.29 is 44.0 Å². The van der Waals surface area contributed by atoms with Gasteiger partial charge in [-0.3, -0.25) is 0 Å². The Labute approximate surface area is 92.4 Å². The second-order valence-electron chi connectivity index (χ2n) is 3.17. The minimum absolute atomic E-state index is 0.523. The molecule has 0 amide bonds. The summed E-state index contributed by atoms with van der Waals surface area (Å²) in [5.41, 5.74) is 0. The predicted molar refractivity (Wildman–Crippen MR) is 57.2 cm³/mol. The van der Waals surface area contributed by atoms with Gasteiger partial charge in [0.05, 0.1) is 0 Å². The van der Waals surface area contributed by atoms with Gasteiger partial charge < -0.3 is 0 Å². The molecule has 0 spiro atoms. The van der Waals surface area contributed by atoms with Crippen LogP contribution in [0.15, 0.2) is 0 Å². The molecule has 0 aliphatic carbocycles. The van der Waals surface area contributed by atoms with Crippen LogP contribution in [0, 0.1) is 0 Å². The zero-order chi connectivity index (χ0) is 13.2. The summed E-state index contributed by atoms with van der Waals surface area (Å²) in [5, 5.41) is 0. The molecule has 98 valence electrons. The SMILES string of the molecule is O[P+](O)(O)CN(C[P+](O)(O)O)C[P+](O)(O)O. The molecule has 0 aliphatic rings. The molecule has 0 aliphatic heterocycles. The highest BCUT2D eigenvalue weighted by molar-refractivity contribution is 7.60. The van der Waals surface area contributed by atoms with E-state index in [1.807, 2.05) is 0 Å². The lowest BCUT2D eigenvalue weighted by atomic mass is 11.0. The lowest BCUT2D eigenvalue weighted by Crippen LogP contribution is -2.31. The molecule has 0 saturated carbocycles. The third-order valence-corrected chi connectivity index (χ3v) is 3.51. The first-order valence-corrected chi connectivity index (χ1v) is 9.19. The van der Waals surface area contributed by atoms with Crippen molar-refractivity contribution in [2.75, 3.05) is 18.9 Å². The lowest BCUT2D eigenvalue weighted by Gasteiger charge is -2.19. The van der Waals surface area contributed by atoms with E-state index in [1.54, 1.807) is 0 Å². The van der Waals surface area contributed by atoms with Gasteiger partial charge in [-0.25, -0.2) is 0 Å². The summed E-state index contributed by atoms with van der Waals surface area (Å²) >= 11 is 0. The summed E-state index contributed by atoms with van der Waals surface area (Å²) in [4.78, 5) is 78.8. The van der Waals surface area contributed by atoms with E-state index in [9.17, 15) is 0 Å². The first-order valence-electron chi connectivity index (χ1n) is 3.70. The quantitative estimate of drug-likeness (QED) is 0.235. The highest BCUT2D eigenvalue weighted by Gasteiger charge is 2.46. The van der Waals surface area contributed by atoms with Gasteiger partial charge in [0.15, 0.2) is 18.9 Å². The van der Waals surface area contributed by atoms with Gasteiger partial charge in [0, 0.05) is 0 Å². The third-order valence-electron chi connectivity index (χ3n) is 1.17. The molecule has 0 atom stereocenters. The van der Waals surface area contributed by atoms with Gasteiger partial charge in [0.25, 0.3) is 0 Å². The van der Waals surface area contributed by atoms with Gasteiger partial charge in [0.1, 0.15) is 0 Å². The second-order valence-corrected chi connectivity index (χ2v) is 8.18. The van der Waals surface area contributed by atoms with E-state index < -0.39 is 42.7 Å². The second kappa shape index (κ2) is 5.69. The molecule has 0 rings (SSSR count). The van der Waals surface area contributed by atoms with Crippen LogP contribution in [0.4, 0.5) is 0 Å². The Morgan fingerprint density at radius 1 is 0.500 bits per heavy atom. The number of rotatable bonds is 6. The van der Waals surface area contributed by atoms with Crippen molar-refractivity contribution in [3.63, 3.8) is 0 Å². The van der Waals surface area contributed by atoms with Crippen molar-refractivity contribution in [1.29, 1.82) is 0 Å². The van der Waals surface area contributed by atoms with E-state index in [0.717, 1.165) is 0 Å². The molecule has 10 nitrogen and oxygen atoms in total. The van der Waals surface area contributed by atoms with E-state index in [0.29, 0.717) is 4.90 Å². The van der Waals surface area contributed by atoms with Crippen LogP contribution in [0.1, 0.15) is 0 Å². The van der Waals surface area contributed by atoms with Crippen LogP contribution in [0.2, 0.25) is 0 Å². The van der Waals surface area contributed by atoms with Gasteiger partial charge in [-0.1, -0.05) is 0 Å². The molecule has 0 aromatic carbocycles. The summed E-state index contributed by atoms with van der Waals surface area (Å²) < 4.78 is 0. The summed E-state index contributed by atoms with van der Waals surface area (Å²) in [6, 6.07) is 0. The number of nitrogens with zero attached hydrogens (tertiary/aromatic N) is 1. The standard InChI is InChI=1S/C3H15NO9P3/c5-14(6,7)1-4(2-15(8,9)10)3-16(11,12)13/h5-13H,1-3H2/q+3. The van der Waals surface area contributed by atoms with Crippen LogP contribution >= 0.6 is 23.8 Å². The fourth-order valence-corrected chi connectivity index (χ4v) is 3.62. The minimum Gasteiger partial charge on any atom is -0.192 e. The molecule has 0 aromatic rings. The molecule has 13 heteroatoms. The maximum absolute atomic E-state index is 8.70. The van der Waals surface area contributed by atoms with E-state index in [4.69, 9.17) is 44.0 Å². The van der Waals surface area contributed by atoms with Crippen LogP contribution in [-0.4, -0.2) is 67.8 Å². The van der Waals surface area contributed by atoms with Crippen molar-refractivity contribution in [1.82, 2.24) is 4.90 Å². The molecule has 0 bridgehead atoms. The van der Waals surface area contributed by atoms with Gasteiger partial charge in [-0.2, -0.15) is 48.9 Å². The zero-order valence-corrected chi connectivity index (χ0v) is 10.6. The van der Waals surface area contributed by atoms with Gasteiger partial charge in [-0.15, -0.1) is 0 Å². The first-order chi connectivity index (χ1) is 6.79. The zero-order valence-electron chi connectivity index (χ0n) is 7.94. The van der Waals surface area contributed by atoms with Gasteiger partial charge in [-0.05, 0) is 0 Å². The Morgan fingerprint density at radius 2 is 0.688 bits per heavy atom. The van der Waals surface area contributed by atoms with Crippen molar-refractivity contribution in [3.05, 3.63) is 0 Å². The van der Waals surface area contributed by atoms with Crippen LogP contribution in [-0.2, 0) is 0 Å². The molecule has 0 unspecified atom stereocenters. The fraction of sp³-hybridized carbons (Fsp3) is 1.00. The topological polar surface area (TPSA) is 185 Å². The first kappa shape index (κ1) is 16.9. The largest absolute Gasteiger partial charge is 0.419 e. The Hall–Kier alpha value is 0.890. The summed E-state index contributed by atoms with van der Waals surface area (Å²) in [7, 11) is -13.0. The summed E-state index contributed by atoms with van der Waals surface area (Å²) in [5.74, 6) is 0. The minimum atomic E-state index is -4.35.